The molecule has 3 heteroatoms. The third-order valence-electron chi connectivity index (χ3n) is 3.99. The van der Waals surface area contributed by atoms with E-state index in [0.717, 1.165) is 22.7 Å². The largest absolute Gasteiger partial charge is 0.398 e. The Morgan fingerprint density at radius 3 is 3.00 bits per heavy atom. The summed E-state index contributed by atoms with van der Waals surface area (Å²) >= 11 is 0. The molecule has 0 spiro atoms. The lowest BCUT2D eigenvalue weighted by atomic mass is 10.1. The van der Waals surface area contributed by atoms with E-state index in [1.165, 1.54) is 30.3 Å². The van der Waals surface area contributed by atoms with Crippen molar-refractivity contribution in [1.82, 2.24) is 4.98 Å². The molecule has 2 atom stereocenters. The van der Waals surface area contributed by atoms with Crippen molar-refractivity contribution in [3.05, 3.63) is 30.1 Å². The third kappa shape index (κ3) is 2.37. The van der Waals surface area contributed by atoms with E-state index in [1.807, 2.05) is 19.2 Å². The molecule has 0 saturated heterocycles. The highest BCUT2D eigenvalue weighted by Crippen LogP contribution is 2.39. The Hall–Kier alpha value is -1.77. The molecule has 0 bridgehead atoms. The van der Waals surface area contributed by atoms with Gasteiger partial charge in [0, 0.05) is 40.1 Å². The van der Waals surface area contributed by atoms with E-state index in [0.29, 0.717) is 6.04 Å². The third-order valence-corrected chi connectivity index (χ3v) is 3.99. The lowest BCUT2D eigenvalue weighted by Gasteiger charge is -2.11. The van der Waals surface area contributed by atoms with Gasteiger partial charge in [0.1, 0.15) is 0 Å². The zero-order chi connectivity index (χ0) is 13.4. The number of aromatic nitrogens is 1. The molecule has 0 amide bonds. The molecule has 1 fully saturated rings. The number of anilines is 2. The predicted octanol–water partition coefficient (Wildman–Crippen LogP) is 3.73. The van der Waals surface area contributed by atoms with Crippen molar-refractivity contribution in [2.24, 2.45) is 5.92 Å². The number of hydrogen-bond donors (Lipinski definition) is 2. The van der Waals surface area contributed by atoms with E-state index in [9.17, 15) is 0 Å². The molecule has 3 rings (SSSR count). The number of aryl methyl sites for hydroxylation is 1. The summed E-state index contributed by atoms with van der Waals surface area (Å²) in [5, 5.41) is 5.90. The summed E-state index contributed by atoms with van der Waals surface area (Å²) < 4.78 is 0. The molecule has 0 aliphatic heterocycles. The van der Waals surface area contributed by atoms with Gasteiger partial charge in [-0.25, -0.2) is 0 Å². The van der Waals surface area contributed by atoms with Gasteiger partial charge in [0.15, 0.2) is 0 Å². The van der Waals surface area contributed by atoms with Gasteiger partial charge in [-0.2, -0.15) is 0 Å². The highest BCUT2D eigenvalue weighted by molar-refractivity contribution is 6.00. The number of benzene rings is 1. The zero-order valence-corrected chi connectivity index (χ0v) is 11.6. The summed E-state index contributed by atoms with van der Waals surface area (Å²) in [6, 6.07) is 6.82. The van der Waals surface area contributed by atoms with Crippen LogP contribution in [0.25, 0.3) is 10.8 Å². The molecule has 2 unspecified atom stereocenters. The number of nitrogens with zero attached hydrogens (tertiary/aromatic N) is 1. The number of hydrogen-bond acceptors (Lipinski definition) is 3. The van der Waals surface area contributed by atoms with Crippen LogP contribution >= 0.6 is 0 Å². The minimum absolute atomic E-state index is 0.639. The number of rotatable bonds is 4. The fraction of sp³-hybridized carbons (Fsp3) is 0.438. The summed E-state index contributed by atoms with van der Waals surface area (Å²) in [6.45, 7) is 4.27. The fourth-order valence-electron chi connectivity index (χ4n) is 2.81. The van der Waals surface area contributed by atoms with E-state index in [2.05, 4.69) is 29.4 Å². The topological polar surface area (TPSA) is 50.9 Å². The number of nitrogens with two attached hydrogens (primary N) is 1. The van der Waals surface area contributed by atoms with Crippen molar-refractivity contribution < 1.29 is 0 Å². The Kier molecular flexibility index (Phi) is 3.05. The van der Waals surface area contributed by atoms with Crippen LogP contribution in [0.4, 0.5) is 11.4 Å². The zero-order valence-electron chi connectivity index (χ0n) is 11.6. The van der Waals surface area contributed by atoms with Crippen LogP contribution in [0.5, 0.6) is 0 Å². The van der Waals surface area contributed by atoms with Crippen LogP contribution in [0, 0.1) is 12.8 Å². The van der Waals surface area contributed by atoms with Crippen molar-refractivity contribution in [1.29, 1.82) is 0 Å². The molecule has 1 aliphatic carbocycles. The highest BCUT2D eigenvalue weighted by atomic mass is 15.0. The number of pyridine rings is 1. The van der Waals surface area contributed by atoms with Crippen molar-refractivity contribution in [2.45, 2.75) is 39.2 Å². The van der Waals surface area contributed by atoms with Gasteiger partial charge in [0.2, 0.25) is 0 Å². The smallest absolute Gasteiger partial charge is 0.0424 e. The van der Waals surface area contributed by atoms with E-state index in [4.69, 9.17) is 5.73 Å². The molecule has 3 nitrogen and oxygen atoms in total. The lowest BCUT2D eigenvalue weighted by molar-refractivity contribution is 0.693. The van der Waals surface area contributed by atoms with Gasteiger partial charge < -0.3 is 11.1 Å². The molecule has 1 aromatic heterocycles. The van der Waals surface area contributed by atoms with Gasteiger partial charge in [0.05, 0.1) is 0 Å². The Balaban J connectivity index is 1.91. The van der Waals surface area contributed by atoms with E-state index in [-0.39, 0.29) is 0 Å². The molecule has 1 aliphatic rings. The first-order valence-corrected chi connectivity index (χ1v) is 7.10. The van der Waals surface area contributed by atoms with Gasteiger partial charge in [0.25, 0.3) is 0 Å². The van der Waals surface area contributed by atoms with Crippen molar-refractivity contribution >= 4 is 22.1 Å². The molecular weight excluding hydrogens is 234 g/mol. The Labute approximate surface area is 114 Å². The molecule has 1 saturated carbocycles. The first-order chi connectivity index (χ1) is 9.19. The second kappa shape index (κ2) is 4.72. The van der Waals surface area contributed by atoms with Crippen LogP contribution in [-0.2, 0) is 0 Å². The van der Waals surface area contributed by atoms with Crippen molar-refractivity contribution in [3.8, 4) is 0 Å². The average molecular weight is 255 g/mol. The quantitative estimate of drug-likeness (QED) is 0.818. The van der Waals surface area contributed by atoms with Gasteiger partial charge in [-0.1, -0.05) is 13.3 Å². The maximum absolute atomic E-state index is 6.03. The van der Waals surface area contributed by atoms with Crippen molar-refractivity contribution in [2.75, 3.05) is 11.1 Å². The normalized spacial score (nSPS) is 21.6. The molecule has 0 radical (unpaired) electrons. The van der Waals surface area contributed by atoms with E-state index >= 15 is 0 Å². The molecule has 2 aromatic rings. The van der Waals surface area contributed by atoms with Gasteiger partial charge in [-0.3, -0.25) is 4.98 Å². The molecule has 1 heterocycles. The number of fused-ring (bicyclic) bond motifs is 1. The van der Waals surface area contributed by atoms with Gasteiger partial charge in [-0.05, 0) is 43.9 Å². The molecule has 100 valence electrons. The molecule has 19 heavy (non-hydrogen) atoms. The number of nitrogens with one attached hydrogen (secondary N) is 1. The SMILES string of the molecule is CCCC1CC1Nc1ccc(N)c2cnc(C)cc12. The van der Waals surface area contributed by atoms with Crippen LogP contribution in [0.15, 0.2) is 24.4 Å². The Morgan fingerprint density at radius 1 is 1.37 bits per heavy atom. The van der Waals surface area contributed by atoms with Crippen LogP contribution in [0.3, 0.4) is 0 Å². The van der Waals surface area contributed by atoms with E-state index in [1.54, 1.807) is 0 Å². The first kappa shape index (κ1) is 12.3. The standard InChI is InChI=1S/C16H21N3/c1-3-4-11-8-16(11)19-15-6-5-14(17)13-9-18-10(2)7-12(13)15/h5-7,9,11,16,19H,3-4,8,17H2,1-2H3. The van der Waals surface area contributed by atoms with Crippen LogP contribution in [-0.4, -0.2) is 11.0 Å². The minimum Gasteiger partial charge on any atom is -0.398 e. The van der Waals surface area contributed by atoms with Gasteiger partial charge >= 0.3 is 0 Å². The van der Waals surface area contributed by atoms with Crippen LogP contribution in [0.2, 0.25) is 0 Å². The van der Waals surface area contributed by atoms with Crippen LogP contribution < -0.4 is 11.1 Å². The molecular formula is C16H21N3. The van der Waals surface area contributed by atoms with Crippen LogP contribution in [0.1, 0.15) is 31.9 Å². The highest BCUT2D eigenvalue weighted by Gasteiger charge is 2.36. The monoisotopic (exact) mass is 255 g/mol. The lowest BCUT2D eigenvalue weighted by Crippen LogP contribution is -2.05. The Bertz CT molecular complexity index is 606. The Morgan fingerprint density at radius 2 is 2.21 bits per heavy atom. The van der Waals surface area contributed by atoms with E-state index < -0.39 is 0 Å². The minimum atomic E-state index is 0.639. The number of nitrogen functional groups attached to an aromatic ring is 1. The summed E-state index contributed by atoms with van der Waals surface area (Å²) in [5.74, 6) is 0.848. The summed E-state index contributed by atoms with van der Waals surface area (Å²) in [5.41, 5.74) is 9.05. The predicted molar refractivity (Wildman–Crippen MR) is 81.3 cm³/mol. The van der Waals surface area contributed by atoms with Crippen molar-refractivity contribution in [3.63, 3.8) is 0 Å². The fourth-order valence-corrected chi connectivity index (χ4v) is 2.81. The average Bonchev–Trinajstić information content (AvgIpc) is 3.11. The summed E-state index contributed by atoms with van der Waals surface area (Å²) in [4.78, 5) is 4.34. The maximum atomic E-state index is 6.03. The van der Waals surface area contributed by atoms with Gasteiger partial charge in [-0.15, -0.1) is 0 Å². The second-order valence-electron chi connectivity index (χ2n) is 5.61. The summed E-state index contributed by atoms with van der Waals surface area (Å²) in [6.07, 6.45) is 5.77. The second-order valence-corrected chi connectivity index (χ2v) is 5.61. The molecule has 3 N–H and O–H groups in total. The summed E-state index contributed by atoms with van der Waals surface area (Å²) in [7, 11) is 0. The first-order valence-electron chi connectivity index (χ1n) is 7.10. The maximum Gasteiger partial charge on any atom is 0.0424 e. The molecule has 1 aromatic carbocycles.